The molecule has 2 nitrogen and oxygen atoms in total. The van der Waals surface area contributed by atoms with Crippen molar-refractivity contribution in [1.82, 2.24) is 0 Å². The Morgan fingerprint density at radius 2 is 2.13 bits per heavy atom. The van der Waals surface area contributed by atoms with Gasteiger partial charge in [-0.25, -0.2) is 0 Å². The van der Waals surface area contributed by atoms with Crippen molar-refractivity contribution >= 4 is 17.1 Å². The first-order valence-corrected chi connectivity index (χ1v) is 4.98. The Labute approximate surface area is 88.3 Å². The minimum atomic E-state index is -4.79. The summed E-state index contributed by atoms with van der Waals surface area (Å²) in [4.78, 5) is 11.5. The van der Waals surface area contributed by atoms with Crippen LogP contribution >= 0.6 is 11.3 Å². The van der Waals surface area contributed by atoms with Crippen LogP contribution < -0.4 is 0 Å². The highest BCUT2D eigenvalue weighted by Gasteiger charge is 2.50. The molecule has 0 bridgehead atoms. The highest BCUT2D eigenvalue weighted by molar-refractivity contribution is 7.12. The highest BCUT2D eigenvalue weighted by Crippen LogP contribution is 2.33. The molecule has 0 saturated carbocycles. The van der Waals surface area contributed by atoms with Crippen LogP contribution in [0.4, 0.5) is 13.2 Å². The Balaban J connectivity index is 2.75. The predicted molar refractivity (Wildman–Crippen MR) is 49.9 cm³/mol. The second-order valence-electron chi connectivity index (χ2n) is 3.35. The van der Waals surface area contributed by atoms with Crippen LogP contribution in [0.5, 0.6) is 0 Å². The van der Waals surface area contributed by atoms with E-state index >= 15 is 0 Å². The maximum absolute atomic E-state index is 12.2. The molecule has 1 rings (SSSR count). The van der Waals surface area contributed by atoms with E-state index in [0.717, 1.165) is 11.3 Å². The molecule has 0 aliphatic heterocycles. The fourth-order valence-corrected chi connectivity index (χ4v) is 1.60. The third-order valence-corrected chi connectivity index (χ3v) is 2.82. The molecule has 15 heavy (non-hydrogen) atoms. The highest BCUT2D eigenvalue weighted by atomic mass is 32.1. The van der Waals surface area contributed by atoms with E-state index in [-0.39, 0.29) is 4.88 Å². The fourth-order valence-electron chi connectivity index (χ4n) is 0.937. The number of Topliss-reactive ketones (excluding diaryl/α,β-unsaturated/α-hetero) is 1. The van der Waals surface area contributed by atoms with Crippen LogP contribution in [0, 0.1) is 0 Å². The van der Waals surface area contributed by atoms with Gasteiger partial charge >= 0.3 is 6.18 Å². The monoisotopic (exact) mass is 238 g/mol. The van der Waals surface area contributed by atoms with Gasteiger partial charge < -0.3 is 5.11 Å². The summed E-state index contributed by atoms with van der Waals surface area (Å²) in [6, 6.07) is 3.00. The summed E-state index contributed by atoms with van der Waals surface area (Å²) in [6.45, 7) is 0.596. The lowest BCUT2D eigenvalue weighted by Gasteiger charge is -2.25. The van der Waals surface area contributed by atoms with Crippen molar-refractivity contribution in [2.24, 2.45) is 0 Å². The number of carbonyl (C=O) groups is 1. The van der Waals surface area contributed by atoms with Crippen LogP contribution in [0.3, 0.4) is 0 Å². The topological polar surface area (TPSA) is 37.3 Å². The average molecular weight is 238 g/mol. The summed E-state index contributed by atoms with van der Waals surface area (Å²) >= 11 is 1.05. The first-order chi connectivity index (χ1) is 6.74. The van der Waals surface area contributed by atoms with Crippen molar-refractivity contribution in [3.05, 3.63) is 22.4 Å². The Kier molecular flexibility index (Phi) is 3.20. The van der Waals surface area contributed by atoms with Crippen molar-refractivity contribution in [3.8, 4) is 0 Å². The molecule has 84 valence electrons. The van der Waals surface area contributed by atoms with E-state index in [4.69, 9.17) is 5.11 Å². The number of rotatable bonds is 3. The molecule has 0 aliphatic rings. The van der Waals surface area contributed by atoms with Gasteiger partial charge in [-0.1, -0.05) is 6.07 Å². The minimum Gasteiger partial charge on any atom is -0.380 e. The molecule has 1 atom stereocenters. The summed E-state index contributed by atoms with van der Waals surface area (Å²) in [6.07, 6.45) is -5.74. The Morgan fingerprint density at radius 3 is 2.53 bits per heavy atom. The molecule has 1 heterocycles. The number of halogens is 3. The van der Waals surface area contributed by atoms with Gasteiger partial charge in [-0.2, -0.15) is 13.2 Å². The molecule has 0 amide bonds. The van der Waals surface area contributed by atoms with E-state index < -0.39 is 24.0 Å². The van der Waals surface area contributed by atoms with Gasteiger partial charge in [-0.15, -0.1) is 11.3 Å². The molecule has 0 fully saturated rings. The quantitative estimate of drug-likeness (QED) is 0.822. The molecule has 1 aromatic rings. The van der Waals surface area contributed by atoms with Crippen molar-refractivity contribution in [2.75, 3.05) is 0 Å². The SMILES string of the molecule is CC(O)(CC(=O)c1cccs1)C(F)(F)F. The van der Waals surface area contributed by atoms with Gasteiger partial charge in [0.1, 0.15) is 0 Å². The van der Waals surface area contributed by atoms with Gasteiger partial charge in [0.05, 0.1) is 4.88 Å². The zero-order valence-corrected chi connectivity index (χ0v) is 8.65. The lowest BCUT2D eigenvalue weighted by Crippen LogP contribution is -2.43. The van der Waals surface area contributed by atoms with Crippen LogP contribution in [0.2, 0.25) is 0 Å². The van der Waals surface area contributed by atoms with E-state index in [1.54, 1.807) is 11.4 Å². The number of carbonyl (C=O) groups excluding carboxylic acids is 1. The van der Waals surface area contributed by atoms with Crippen LogP contribution in [0.25, 0.3) is 0 Å². The summed E-state index contributed by atoms with van der Waals surface area (Å²) < 4.78 is 36.7. The second kappa shape index (κ2) is 3.94. The molecule has 0 radical (unpaired) electrons. The first kappa shape index (κ1) is 12.2. The van der Waals surface area contributed by atoms with Gasteiger partial charge in [0.2, 0.25) is 0 Å². The molecule has 1 unspecified atom stereocenters. The minimum absolute atomic E-state index is 0.222. The smallest absolute Gasteiger partial charge is 0.380 e. The third kappa shape index (κ3) is 2.79. The lowest BCUT2D eigenvalue weighted by molar-refractivity contribution is -0.250. The number of hydrogen-bond acceptors (Lipinski definition) is 3. The van der Waals surface area contributed by atoms with Gasteiger partial charge in [0.25, 0.3) is 0 Å². The summed E-state index contributed by atoms with van der Waals surface area (Å²) in [5, 5.41) is 10.7. The van der Waals surface area contributed by atoms with Crippen LogP contribution in [-0.4, -0.2) is 22.7 Å². The maximum Gasteiger partial charge on any atom is 0.417 e. The van der Waals surface area contributed by atoms with Crippen molar-refractivity contribution in [2.45, 2.75) is 25.1 Å². The third-order valence-electron chi connectivity index (χ3n) is 1.91. The number of alkyl halides is 3. The van der Waals surface area contributed by atoms with Crippen molar-refractivity contribution in [3.63, 3.8) is 0 Å². The Bertz CT molecular complexity index is 341. The standard InChI is InChI=1S/C9H9F3O2S/c1-8(14,9(10,11)12)5-6(13)7-3-2-4-15-7/h2-4,14H,5H2,1H3. The summed E-state index contributed by atoms with van der Waals surface area (Å²) in [7, 11) is 0. The molecular weight excluding hydrogens is 229 g/mol. The Morgan fingerprint density at radius 1 is 1.53 bits per heavy atom. The normalized spacial score (nSPS) is 16.1. The van der Waals surface area contributed by atoms with Crippen LogP contribution in [0.1, 0.15) is 23.0 Å². The molecule has 6 heteroatoms. The van der Waals surface area contributed by atoms with Gasteiger partial charge in [-0.05, 0) is 18.4 Å². The molecule has 1 N–H and O–H groups in total. The predicted octanol–water partition coefficient (Wildman–Crippen LogP) is 2.63. The summed E-state index contributed by atoms with van der Waals surface area (Å²) in [5.74, 6) is -0.702. The number of hydrogen-bond donors (Lipinski definition) is 1. The number of ketones is 1. The van der Waals surface area contributed by atoms with E-state index in [1.807, 2.05) is 0 Å². The molecular formula is C9H9F3O2S. The second-order valence-corrected chi connectivity index (χ2v) is 4.30. The van der Waals surface area contributed by atoms with Crippen molar-refractivity contribution in [1.29, 1.82) is 0 Å². The Hall–Kier alpha value is -0.880. The molecule has 0 aromatic carbocycles. The lowest BCUT2D eigenvalue weighted by atomic mass is 9.98. The first-order valence-electron chi connectivity index (χ1n) is 4.10. The zero-order chi connectivity index (χ0) is 11.7. The number of aliphatic hydroxyl groups is 1. The van der Waals surface area contributed by atoms with Crippen molar-refractivity contribution < 1.29 is 23.1 Å². The maximum atomic E-state index is 12.2. The van der Waals surface area contributed by atoms with E-state index in [0.29, 0.717) is 6.92 Å². The fraction of sp³-hybridized carbons (Fsp3) is 0.444. The van der Waals surface area contributed by atoms with E-state index in [9.17, 15) is 18.0 Å². The van der Waals surface area contributed by atoms with Gasteiger partial charge in [0.15, 0.2) is 11.4 Å². The summed E-state index contributed by atoms with van der Waals surface area (Å²) in [5.41, 5.74) is -2.96. The van der Waals surface area contributed by atoms with Crippen LogP contribution in [-0.2, 0) is 0 Å². The largest absolute Gasteiger partial charge is 0.417 e. The molecule has 1 aromatic heterocycles. The van der Waals surface area contributed by atoms with Gasteiger partial charge in [0, 0.05) is 6.42 Å². The molecule has 0 spiro atoms. The number of thiophene rings is 1. The average Bonchev–Trinajstić information content (AvgIpc) is 2.51. The molecule has 0 saturated heterocycles. The van der Waals surface area contributed by atoms with E-state index in [1.165, 1.54) is 6.07 Å². The molecule has 0 aliphatic carbocycles. The van der Waals surface area contributed by atoms with E-state index in [2.05, 4.69) is 0 Å². The van der Waals surface area contributed by atoms with Crippen LogP contribution in [0.15, 0.2) is 17.5 Å². The van der Waals surface area contributed by atoms with Gasteiger partial charge in [-0.3, -0.25) is 4.79 Å². The zero-order valence-electron chi connectivity index (χ0n) is 7.84.